The highest BCUT2D eigenvalue weighted by Gasteiger charge is 2.14. The second kappa shape index (κ2) is 8.97. The molecule has 2 aromatic rings. The van der Waals surface area contributed by atoms with Crippen LogP contribution in [0.1, 0.15) is 5.56 Å². The fraction of sp³-hybridized carbons (Fsp3) is 0.0556. The first-order valence-electron chi connectivity index (χ1n) is 7.33. The van der Waals surface area contributed by atoms with Crippen LogP contribution in [-0.2, 0) is 9.59 Å². The number of benzene rings is 2. The summed E-state index contributed by atoms with van der Waals surface area (Å²) < 4.78 is 18.8. The fourth-order valence-electron chi connectivity index (χ4n) is 1.80. The Balaban J connectivity index is 1.90. The van der Waals surface area contributed by atoms with Crippen LogP contribution in [0.2, 0.25) is 0 Å². The van der Waals surface area contributed by atoms with Crippen molar-refractivity contribution in [1.29, 1.82) is 0 Å². The maximum absolute atomic E-state index is 13.4. The summed E-state index contributed by atoms with van der Waals surface area (Å²) in [6.45, 7) is 3.93. The Bertz CT molecular complexity index is 806. The van der Waals surface area contributed by atoms with Crippen molar-refractivity contribution in [3.8, 4) is 5.75 Å². The maximum atomic E-state index is 13.4. The zero-order valence-corrected chi connectivity index (χ0v) is 13.2. The predicted octanol–water partition coefficient (Wildman–Crippen LogP) is 2.48. The van der Waals surface area contributed by atoms with Gasteiger partial charge in [0, 0.05) is 0 Å². The van der Waals surface area contributed by atoms with Gasteiger partial charge < -0.3 is 10.1 Å². The molecule has 7 heteroatoms. The molecular weight excluding hydrogens is 325 g/mol. The normalized spacial score (nSPS) is 10.3. The van der Waals surface area contributed by atoms with Gasteiger partial charge in [0.25, 0.3) is 0 Å². The van der Waals surface area contributed by atoms with Crippen LogP contribution in [-0.4, -0.2) is 24.6 Å². The Morgan fingerprint density at radius 2 is 1.96 bits per heavy atom. The molecule has 0 saturated heterocycles. The molecule has 0 aliphatic heterocycles. The standard InChI is InChI=1S/C18H16FN3O3/c1-2-10-25-14-7-5-6-13(11-14)12-20-22-18(24)17(23)21-16-9-4-3-8-15(16)19/h2-9,11-12H,1,10H2,(H,21,23)(H,22,24)/b20-12-. The zero-order valence-electron chi connectivity index (χ0n) is 13.2. The van der Waals surface area contributed by atoms with Gasteiger partial charge in [0.1, 0.15) is 18.2 Å². The van der Waals surface area contributed by atoms with E-state index in [-0.39, 0.29) is 5.69 Å². The lowest BCUT2D eigenvalue weighted by Gasteiger charge is -2.05. The number of hydrogen-bond acceptors (Lipinski definition) is 4. The molecule has 0 atom stereocenters. The van der Waals surface area contributed by atoms with Crippen molar-refractivity contribution < 1.29 is 18.7 Å². The van der Waals surface area contributed by atoms with Crippen molar-refractivity contribution in [2.75, 3.05) is 11.9 Å². The van der Waals surface area contributed by atoms with E-state index in [1.165, 1.54) is 30.5 Å². The van der Waals surface area contributed by atoms with E-state index in [9.17, 15) is 14.0 Å². The van der Waals surface area contributed by atoms with Crippen LogP contribution < -0.4 is 15.5 Å². The molecule has 0 radical (unpaired) electrons. The number of nitrogens with one attached hydrogen (secondary N) is 2. The van der Waals surface area contributed by atoms with Crippen LogP contribution in [0, 0.1) is 5.82 Å². The molecule has 0 unspecified atom stereocenters. The molecule has 0 aliphatic carbocycles. The third-order valence-electron chi connectivity index (χ3n) is 2.93. The lowest BCUT2D eigenvalue weighted by atomic mass is 10.2. The van der Waals surface area contributed by atoms with Crippen LogP contribution in [0.4, 0.5) is 10.1 Å². The summed E-state index contributed by atoms with van der Waals surface area (Å²) in [6, 6.07) is 12.5. The second-order valence-electron chi connectivity index (χ2n) is 4.81. The van der Waals surface area contributed by atoms with E-state index in [1.54, 1.807) is 30.3 Å². The molecule has 0 heterocycles. The minimum atomic E-state index is -1.02. The van der Waals surface area contributed by atoms with E-state index in [1.807, 2.05) is 0 Å². The summed E-state index contributed by atoms with van der Waals surface area (Å²) in [7, 11) is 0. The molecular formula is C18H16FN3O3. The van der Waals surface area contributed by atoms with Gasteiger partial charge in [0.2, 0.25) is 0 Å². The van der Waals surface area contributed by atoms with Crippen LogP contribution in [0.3, 0.4) is 0 Å². The van der Waals surface area contributed by atoms with Gasteiger partial charge in [0.05, 0.1) is 11.9 Å². The number of carbonyl (C=O) groups is 2. The molecule has 6 nitrogen and oxygen atoms in total. The Morgan fingerprint density at radius 1 is 1.16 bits per heavy atom. The van der Waals surface area contributed by atoms with Gasteiger partial charge in [-0.15, -0.1) is 0 Å². The van der Waals surface area contributed by atoms with E-state index < -0.39 is 17.6 Å². The van der Waals surface area contributed by atoms with Crippen LogP contribution in [0.5, 0.6) is 5.75 Å². The third kappa shape index (κ3) is 5.58. The summed E-state index contributed by atoms with van der Waals surface area (Å²) in [4.78, 5) is 23.3. The minimum Gasteiger partial charge on any atom is -0.490 e. The summed E-state index contributed by atoms with van der Waals surface area (Å²) in [5, 5.41) is 5.85. The summed E-state index contributed by atoms with van der Waals surface area (Å²) in [5.74, 6) is -2.06. The van der Waals surface area contributed by atoms with Gasteiger partial charge in [-0.1, -0.05) is 36.9 Å². The molecule has 0 spiro atoms. The van der Waals surface area contributed by atoms with Crippen molar-refractivity contribution in [3.63, 3.8) is 0 Å². The number of ether oxygens (including phenoxy) is 1. The highest BCUT2D eigenvalue weighted by atomic mass is 19.1. The number of hydrazone groups is 1. The topological polar surface area (TPSA) is 79.8 Å². The first kappa shape index (κ1) is 17.9. The summed E-state index contributed by atoms with van der Waals surface area (Å²) in [6.07, 6.45) is 2.98. The van der Waals surface area contributed by atoms with Gasteiger partial charge in [0.15, 0.2) is 0 Å². The molecule has 2 amide bonds. The maximum Gasteiger partial charge on any atom is 0.329 e. The number of rotatable bonds is 6. The zero-order chi connectivity index (χ0) is 18.1. The van der Waals surface area contributed by atoms with Gasteiger partial charge in [-0.25, -0.2) is 9.82 Å². The fourth-order valence-corrected chi connectivity index (χ4v) is 1.80. The monoisotopic (exact) mass is 341 g/mol. The average molecular weight is 341 g/mol. The van der Waals surface area contributed by atoms with Crippen LogP contribution in [0.15, 0.2) is 66.3 Å². The molecule has 0 fully saturated rings. The molecule has 0 saturated carbocycles. The van der Waals surface area contributed by atoms with Crippen molar-refractivity contribution in [2.24, 2.45) is 5.10 Å². The molecule has 25 heavy (non-hydrogen) atoms. The van der Waals surface area contributed by atoms with E-state index in [4.69, 9.17) is 4.74 Å². The van der Waals surface area contributed by atoms with Gasteiger partial charge in [-0.2, -0.15) is 5.10 Å². The highest BCUT2D eigenvalue weighted by molar-refractivity contribution is 6.39. The Hall–Kier alpha value is -3.48. The summed E-state index contributed by atoms with van der Waals surface area (Å²) >= 11 is 0. The SMILES string of the molecule is C=CCOc1cccc(/C=N\NC(=O)C(=O)Nc2ccccc2F)c1. The van der Waals surface area contributed by atoms with Crippen molar-refractivity contribution in [1.82, 2.24) is 5.43 Å². The average Bonchev–Trinajstić information content (AvgIpc) is 2.62. The van der Waals surface area contributed by atoms with Gasteiger partial charge in [-0.05, 0) is 29.8 Å². The van der Waals surface area contributed by atoms with Crippen molar-refractivity contribution in [3.05, 3.63) is 72.6 Å². The molecule has 0 aliphatic rings. The highest BCUT2D eigenvalue weighted by Crippen LogP contribution is 2.12. The lowest BCUT2D eigenvalue weighted by molar-refractivity contribution is -0.136. The van der Waals surface area contributed by atoms with Gasteiger partial charge >= 0.3 is 11.8 Å². The van der Waals surface area contributed by atoms with Crippen molar-refractivity contribution in [2.45, 2.75) is 0 Å². The molecule has 2 N–H and O–H groups in total. The molecule has 128 valence electrons. The predicted molar refractivity (Wildman–Crippen MR) is 92.9 cm³/mol. The first-order chi connectivity index (χ1) is 12.1. The Labute approximate surface area is 144 Å². The van der Waals surface area contributed by atoms with Gasteiger partial charge in [-0.3, -0.25) is 9.59 Å². The Morgan fingerprint density at radius 3 is 2.72 bits per heavy atom. The first-order valence-corrected chi connectivity index (χ1v) is 7.33. The number of para-hydroxylation sites is 1. The van der Waals surface area contributed by atoms with E-state index in [2.05, 4.69) is 22.4 Å². The molecule has 2 aromatic carbocycles. The number of carbonyl (C=O) groups excluding carboxylic acids is 2. The van der Waals surface area contributed by atoms with Crippen molar-refractivity contribution >= 4 is 23.7 Å². The number of halogens is 1. The molecule has 0 bridgehead atoms. The number of anilines is 1. The number of nitrogens with zero attached hydrogens (tertiary/aromatic N) is 1. The van der Waals surface area contributed by atoms with E-state index >= 15 is 0 Å². The second-order valence-corrected chi connectivity index (χ2v) is 4.81. The van der Waals surface area contributed by atoms with E-state index in [0.717, 1.165) is 0 Å². The third-order valence-corrected chi connectivity index (χ3v) is 2.93. The van der Waals surface area contributed by atoms with Crippen LogP contribution >= 0.6 is 0 Å². The van der Waals surface area contributed by atoms with Crippen LogP contribution in [0.25, 0.3) is 0 Å². The largest absolute Gasteiger partial charge is 0.490 e. The number of amides is 2. The molecule has 0 aromatic heterocycles. The smallest absolute Gasteiger partial charge is 0.329 e. The quantitative estimate of drug-likeness (QED) is 0.367. The Kier molecular flexibility index (Phi) is 6.41. The number of hydrogen-bond donors (Lipinski definition) is 2. The minimum absolute atomic E-state index is 0.0845. The lowest BCUT2D eigenvalue weighted by Crippen LogP contribution is -2.32. The molecule has 2 rings (SSSR count). The van der Waals surface area contributed by atoms with E-state index in [0.29, 0.717) is 17.9 Å². The summed E-state index contributed by atoms with van der Waals surface area (Å²) in [5.41, 5.74) is 2.65.